The number of hydrogen-bond donors (Lipinski definition) is 2. The molecule has 0 atom stereocenters. The molecule has 0 unspecified atom stereocenters. The average molecular weight is 300 g/mol. The maximum absolute atomic E-state index is 13.2. The van der Waals surface area contributed by atoms with E-state index >= 15 is 0 Å². The van der Waals surface area contributed by atoms with Crippen LogP contribution in [0.1, 0.15) is 10.4 Å². The van der Waals surface area contributed by atoms with Crippen molar-refractivity contribution in [2.24, 2.45) is 7.05 Å². The SMILES string of the molecule is Cn1ncnc1NS(=O)(=O)c1ccc(F)c(C(=O)O)c1. The smallest absolute Gasteiger partial charge is 0.338 e. The zero-order chi connectivity index (χ0) is 14.9. The van der Waals surface area contributed by atoms with Crippen molar-refractivity contribution in [1.82, 2.24) is 14.8 Å². The lowest BCUT2D eigenvalue weighted by molar-refractivity contribution is 0.0691. The van der Waals surface area contributed by atoms with Gasteiger partial charge in [0.1, 0.15) is 12.1 Å². The summed E-state index contributed by atoms with van der Waals surface area (Å²) in [6.07, 6.45) is 1.14. The molecule has 1 aromatic heterocycles. The fourth-order valence-electron chi connectivity index (χ4n) is 1.40. The van der Waals surface area contributed by atoms with Crippen molar-refractivity contribution >= 4 is 21.9 Å². The Bertz CT molecular complexity index is 771. The van der Waals surface area contributed by atoms with Crippen LogP contribution in [-0.2, 0) is 17.1 Å². The van der Waals surface area contributed by atoms with Gasteiger partial charge in [0.15, 0.2) is 0 Å². The third-order valence-corrected chi connectivity index (χ3v) is 3.74. The van der Waals surface area contributed by atoms with Gasteiger partial charge in [0.25, 0.3) is 10.0 Å². The number of nitrogens with zero attached hydrogens (tertiary/aromatic N) is 3. The molecule has 0 saturated carbocycles. The number of rotatable bonds is 4. The van der Waals surface area contributed by atoms with E-state index in [1.807, 2.05) is 0 Å². The molecule has 0 aliphatic carbocycles. The van der Waals surface area contributed by atoms with Gasteiger partial charge in [0, 0.05) is 7.05 Å². The molecule has 1 heterocycles. The van der Waals surface area contributed by atoms with Gasteiger partial charge in [-0.25, -0.2) is 27.0 Å². The molecule has 1 aromatic carbocycles. The highest BCUT2D eigenvalue weighted by molar-refractivity contribution is 7.92. The lowest BCUT2D eigenvalue weighted by Gasteiger charge is -2.07. The predicted octanol–water partition coefficient (Wildman–Crippen LogP) is 0.453. The second-order valence-electron chi connectivity index (χ2n) is 3.76. The maximum atomic E-state index is 13.2. The highest BCUT2D eigenvalue weighted by atomic mass is 32.2. The summed E-state index contributed by atoms with van der Waals surface area (Å²) in [4.78, 5) is 14.1. The maximum Gasteiger partial charge on any atom is 0.338 e. The van der Waals surface area contributed by atoms with Gasteiger partial charge in [-0.3, -0.25) is 0 Å². The van der Waals surface area contributed by atoms with Gasteiger partial charge >= 0.3 is 5.97 Å². The predicted molar refractivity (Wildman–Crippen MR) is 65.2 cm³/mol. The van der Waals surface area contributed by atoms with Crippen molar-refractivity contribution in [1.29, 1.82) is 0 Å². The summed E-state index contributed by atoms with van der Waals surface area (Å²) in [6, 6.07) is 2.46. The Morgan fingerprint density at radius 2 is 2.15 bits per heavy atom. The number of carboxylic acids is 1. The highest BCUT2D eigenvalue weighted by Gasteiger charge is 2.20. The van der Waals surface area contributed by atoms with Crippen LogP contribution in [0.4, 0.5) is 10.3 Å². The lowest BCUT2D eigenvalue weighted by atomic mass is 10.2. The standard InChI is InChI=1S/C10H9FN4O4S/c1-15-10(12-5-13-15)14-20(18,19)6-2-3-8(11)7(4-6)9(16)17/h2-5H,1H3,(H,16,17)(H,12,13,14). The summed E-state index contributed by atoms with van der Waals surface area (Å²) in [6.45, 7) is 0. The molecule has 0 aliphatic rings. The van der Waals surface area contributed by atoms with Crippen LogP contribution in [0.15, 0.2) is 29.4 Å². The number of aromatic nitrogens is 3. The van der Waals surface area contributed by atoms with Crippen LogP contribution < -0.4 is 4.72 Å². The number of aryl methyl sites for hydroxylation is 1. The van der Waals surface area contributed by atoms with Gasteiger partial charge in [0.2, 0.25) is 5.95 Å². The molecule has 0 spiro atoms. The van der Waals surface area contributed by atoms with Gasteiger partial charge in [-0.15, -0.1) is 0 Å². The van der Waals surface area contributed by atoms with E-state index in [-0.39, 0.29) is 10.8 Å². The Morgan fingerprint density at radius 3 is 2.70 bits per heavy atom. The monoisotopic (exact) mass is 300 g/mol. The molecular formula is C10H9FN4O4S. The van der Waals surface area contributed by atoms with Crippen LogP contribution in [0.3, 0.4) is 0 Å². The Kier molecular flexibility index (Phi) is 3.40. The van der Waals surface area contributed by atoms with E-state index in [4.69, 9.17) is 5.11 Å². The lowest BCUT2D eigenvalue weighted by Crippen LogP contribution is -2.17. The second kappa shape index (κ2) is 4.89. The van der Waals surface area contributed by atoms with E-state index in [1.54, 1.807) is 0 Å². The van der Waals surface area contributed by atoms with Gasteiger partial charge in [0.05, 0.1) is 10.5 Å². The molecule has 2 aromatic rings. The summed E-state index contributed by atoms with van der Waals surface area (Å²) >= 11 is 0. The molecule has 106 valence electrons. The van der Waals surface area contributed by atoms with Crippen LogP contribution in [0.2, 0.25) is 0 Å². The Morgan fingerprint density at radius 1 is 1.45 bits per heavy atom. The summed E-state index contributed by atoms with van der Waals surface area (Å²) in [7, 11) is -2.61. The van der Waals surface area contributed by atoms with Gasteiger partial charge in [-0.1, -0.05) is 0 Å². The molecule has 0 fully saturated rings. The zero-order valence-corrected chi connectivity index (χ0v) is 10.9. The van der Waals surface area contributed by atoms with Crippen molar-refractivity contribution in [3.05, 3.63) is 35.9 Å². The van der Waals surface area contributed by atoms with E-state index in [0.29, 0.717) is 0 Å². The van der Waals surface area contributed by atoms with Crippen molar-refractivity contribution in [3.63, 3.8) is 0 Å². The Labute approximate surface area is 112 Å². The van der Waals surface area contributed by atoms with Crippen LogP contribution in [0.5, 0.6) is 0 Å². The van der Waals surface area contributed by atoms with Crippen LogP contribution >= 0.6 is 0 Å². The molecule has 2 rings (SSSR count). The first-order valence-electron chi connectivity index (χ1n) is 5.21. The number of nitrogens with one attached hydrogen (secondary N) is 1. The molecule has 20 heavy (non-hydrogen) atoms. The summed E-state index contributed by atoms with van der Waals surface area (Å²) in [5.41, 5.74) is -0.731. The molecule has 0 aliphatic heterocycles. The molecular weight excluding hydrogens is 291 g/mol. The molecule has 0 amide bonds. The molecule has 0 bridgehead atoms. The number of anilines is 1. The van der Waals surface area contributed by atoms with Crippen LogP contribution in [0, 0.1) is 5.82 Å². The van der Waals surface area contributed by atoms with E-state index in [0.717, 1.165) is 24.5 Å². The van der Waals surface area contributed by atoms with E-state index in [9.17, 15) is 17.6 Å². The molecule has 8 nitrogen and oxygen atoms in total. The van der Waals surface area contributed by atoms with Crippen LogP contribution in [-0.4, -0.2) is 34.3 Å². The van der Waals surface area contributed by atoms with Crippen molar-refractivity contribution in [3.8, 4) is 0 Å². The average Bonchev–Trinajstić information content (AvgIpc) is 2.74. The number of carbonyl (C=O) groups is 1. The van der Waals surface area contributed by atoms with Crippen molar-refractivity contribution in [2.45, 2.75) is 4.90 Å². The first-order chi connectivity index (χ1) is 9.31. The molecule has 2 N–H and O–H groups in total. The van der Waals surface area contributed by atoms with Gasteiger partial charge < -0.3 is 5.11 Å². The third-order valence-electron chi connectivity index (χ3n) is 2.42. The Balaban J connectivity index is 2.42. The number of benzene rings is 1. The zero-order valence-electron chi connectivity index (χ0n) is 10.1. The minimum absolute atomic E-state index is 0.0498. The largest absolute Gasteiger partial charge is 0.478 e. The number of halogens is 1. The Hall–Kier alpha value is -2.49. The first kappa shape index (κ1) is 13.9. The second-order valence-corrected chi connectivity index (χ2v) is 5.44. The van der Waals surface area contributed by atoms with Crippen molar-refractivity contribution in [2.75, 3.05) is 4.72 Å². The topological polar surface area (TPSA) is 114 Å². The summed E-state index contributed by atoms with van der Waals surface area (Å²) in [5, 5.41) is 12.5. The fraction of sp³-hybridized carbons (Fsp3) is 0.100. The highest BCUT2D eigenvalue weighted by Crippen LogP contribution is 2.17. The number of hydrogen-bond acceptors (Lipinski definition) is 5. The first-order valence-corrected chi connectivity index (χ1v) is 6.69. The van der Waals surface area contributed by atoms with Crippen LogP contribution in [0.25, 0.3) is 0 Å². The number of sulfonamides is 1. The van der Waals surface area contributed by atoms with Gasteiger partial charge in [-0.05, 0) is 18.2 Å². The quantitative estimate of drug-likeness (QED) is 0.847. The van der Waals surface area contributed by atoms with E-state index < -0.39 is 27.4 Å². The number of carboxylic acid groups (broad SMARTS) is 1. The van der Waals surface area contributed by atoms with Crippen molar-refractivity contribution < 1.29 is 22.7 Å². The summed E-state index contributed by atoms with van der Waals surface area (Å²) in [5.74, 6) is -2.63. The normalized spacial score (nSPS) is 11.3. The third kappa shape index (κ3) is 2.59. The fourth-order valence-corrected chi connectivity index (χ4v) is 2.47. The molecule has 0 saturated heterocycles. The summed E-state index contributed by atoms with van der Waals surface area (Å²) < 4.78 is 40.6. The minimum atomic E-state index is -4.08. The van der Waals surface area contributed by atoms with Gasteiger partial charge in [-0.2, -0.15) is 10.1 Å². The molecule has 0 radical (unpaired) electrons. The van der Waals surface area contributed by atoms with E-state index in [2.05, 4.69) is 14.8 Å². The minimum Gasteiger partial charge on any atom is -0.478 e. The molecule has 10 heteroatoms. The van der Waals surface area contributed by atoms with E-state index in [1.165, 1.54) is 11.7 Å². The number of aromatic carboxylic acids is 1.